The molecule has 0 aromatic heterocycles. The van der Waals surface area contributed by atoms with Gasteiger partial charge in [0.05, 0.1) is 11.8 Å². The molecule has 1 N–H and O–H groups in total. The van der Waals surface area contributed by atoms with Crippen LogP contribution in [0.15, 0.2) is 12.2 Å². The maximum Gasteiger partial charge on any atom is 0.330 e. The minimum Gasteiger partial charge on any atom is -0.478 e. The number of carboxylic acid groups (broad SMARTS) is 1. The summed E-state index contributed by atoms with van der Waals surface area (Å²) in [6.07, 6.45) is 0.446. The Morgan fingerprint density at radius 3 is 2.82 bits per heavy atom. The van der Waals surface area contributed by atoms with Crippen LogP contribution in [0, 0.1) is 11.3 Å². The van der Waals surface area contributed by atoms with Crippen LogP contribution in [0.4, 0.5) is 0 Å². The minimum absolute atomic E-state index is 0.204. The molecule has 0 bridgehead atoms. The lowest BCUT2D eigenvalue weighted by Gasteiger charge is -1.96. The Labute approximate surface area is 69.7 Å². The first kappa shape index (κ1) is 10.0. The van der Waals surface area contributed by atoms with Gasteiger partial charge in [-0.1, -0.05) is 6.58 Å². The molecule has 3 nitrogen and oxygen atoms in total. The van der Waals surface area contributed by atoms with Crippen molar-refractivity contribution in [2.24, 2.45) is 0 Å². The average Bonchev–Trinajstić information content (AvgIpc) is 1.97. The number of hydrogen-bond donors (Lipinski definition) is 1. The highest BCUT2D eigenvalue weighted by atomic mass is 32.2. The first-order chi connectivity index (χ1) is 5.18. The van der Waals surface area contributed by atoms with E-state index in [1.54, 1.807) is 0 Å². The SMILES string of the molecule is C=C(CCSCC#N)C(=O)O. The van der Waals surface area contributed by atoms with Gasteiger partial charge in [0.25, 0.3) is 0 Å². The molecule has 0 atom stereocenters. The number of aliphatic carboxylic acids is 1. The molecule has 0 fully saturated rings. The second kappa shape index (κ2) is 5.81. The van der Waals surface area contributed by atoms with Crippen LogP contribution in [0.3, 0.4) is 0 Å². The Morgan fingerprint density at radius 2 is 2.36 bits per heavy atom. The number of carboxylic acids is 1. The summed E-state index contributed by atoms with van der Waals surface area (Å²) in [7, 11) is 0. The van der Waals surface area contributed by atoms with Crippen molar-refractivity contribution in [2.75, 3.05) is 11.5 Å². The highest BCUT2D eigenvalue weighted by Crippen LogP contribution is 2.06. The molecule has 0 heterocycles. The minimum atomic E-state index is -0.956. The summed E-state index contributed by atoms with van der Waals surface area (Å²) >= 11 is 1.41. The van der Waals surface area contributed by atoms with Gasteiger partial charge in [0.1, 0.15) is 0 Å². The van der Waals surface area contributed by atoms with E-state index >= 15 is 0 Å². The molecule has 0 aliphatic heterocycles. The number of hydrogen-bond acceptors (Lipinski definition) is 3. The Morgan fingerprint density at radius 1 is 1.73 bits per heavy atom. The Bertz CT molecular complexity index is 195. The number of rotatable bonds is 5. The van der Waals surface area contributed by atoms with E-state index in [-0.39, 0.29) is 5.57 Å². The molecule has 0 aliphatic rings. The maximum absolute atomic E-state index is 10.2. The lowest BCUT2D eigenvalue weighted by Crippen LogP contribution is -1.99. The number of nitriles is 1. The predicted octanol–water partition coefficient (Wildman–Crippen LogP) is 1.27. The topological polar surface area (TPSA) is 61.1 Å². The van der Waals surface area contributed by atoms with Gasteiger partial charge in [0.2, 0.25) is 0 Å². The Balaban J connectivity index is 3.34. The largest absolute Gasteiger partial charge is 0.478 e. The maximum atomic E-state index is 10.2. The summed E-state index contributed by atoms with van der Waals surface area (Å²) in [5, 5.41) is 16.5. The molecule has 4 heteroatoms. The van der Waals surface area contributed by atoms with Gasteiger partial charge in [-0.3, -0.25) is 0 Å². The molecule has 0 rings (SSSR count). The van der Waals surface area contributed by atoms with Crippen LogP contribution in [0.25, 0.3) is 0 Å². The molecule has 60 valence electrons. The standard InChI is InChI=1S/C7H9NO2S/c1-6(7(9)10)2-4-11-5-3-8/h1-2,4-5H2,(H,9,10). The van der Waals surface area contributed by atoms with E-state index in [0.717, 1.165) is 0 Å². The van der Waals surface area contributed by atoms with Gasteiger partial charge in [-0.2, -0.15) is 5.26 Å². The summed E-state index contributed by atoms with van der Waals surface area (Å²) in [6, 6.07) is 1.96. The van der Waals surface area contributed by atoms with E-state index in [9.17, 15) is 4.79 Å². The van der Waals surface area contributed by atoms with Crippen molar-refractivity contribution < 1.29 is 9.90 Å². The summed E-state index contributed by atoms with van der Waals surface area (Å²) < 4.78 is 0. The van der Waals surface area contributed by atoms with Crippen molar-refractivity contribution in [3.63, 3.8) is 0 Å². The summed E-state index contributed by atoms with van der Waals surface area (Å²) in [4.78, 5) is 10.2. The molecule has 11 heavy (non-hydrogen) atoms. The first-order valence-corrected chi connectivity index (χ1v) is 4.19. The molecule has 0 amide bonds. The molecular formula is C7H9NO2S. The number of carbonyl (C=O) groups is 1. The third-order valence-electron chi connectivity index (χ3n) is 1.02. The first-order valence-electron chi connectivity index (χ1n) is 3.04. The van der Waals surface area contributed by atoms with Crippen LogP contribution in [0.5, 0.6) is 0 Å². The van der Waals surface area contributed by atoms with Gasteiger partial charge in [0, 0.05) is 5.57 Å². The molecule has 0 aliphatic carbocycles. The van der Waals surface area contributed by atoms with Gasteiger partial charge >= 0.3 is 5.97 Å². The van der Waals surface area contributed by atoms with Crippen molar-refractivity contribution in [2.45, 2.75) is 6.42 Å². The normalized spacial score (nSPS) is 8.64. The summed E-state index contributed by atoms with van der Waals surface area (Å²) in [5.41, 5.74) is 0.204. The van der Waals surface area contributed by atoms with E-state index in [4.69, 9.17) is 10.4 Å². The van der Waals surface area contributed by atoms with Crippen LogP contribution >= 0.6 is 11.8 Å². The average molecular weight is 171 g/mol. The molecule has 0 spiro atoms. The van der Waals surface area contributed by atoms with E-state index in [2.05, 4.69) is 6.58 Å². The van der Waals surface area contributed by atoms with E-state index < -0.39 is 5.97 Å². The van der Waals surface area contributed by atoms with Gasteiger partial charge in [-0.25, -0.2) is 4.79 Å². The fraction of sp³-hybridized carbons (Fsp3) is 0.429. The highest BCUT2D eigenvalue weighted by Gasteiger charge is 2.01. The number of nitrogens with zero attached hydrogens (tertiary/aromatic N) is 1. The molecule has 0 saturated heterocycles. The zero-order chi connectivity index (χ0) is 8.69. The fourth-order valence-corrected chi connectivity index (χ4v) is 1.05. The van der Waals surface area contributed by atoms with Crippen molar-refractivity contribution in [3.05, 3.63) is 12.2 Å². The van der Waals surface area contributed by atoms with Crippen molar-refractivity contribution in [3.8, 4) is 6.07 Å². The van der Waals surface area contributed by atoms with E-state index in [0.29, 0.717) is 17.9 Å². The second-order valence-corrected chi connectivity index (χ2v) is 2.97. The second-order valence-electron chi connectivity index (χ2n) is 1.87. The molecule has 0 unspecified atom stereocenters. The molecule has 0 saturated carbocycles. The fourth-order valence-electron chi connectivity index (χ4n) is 0.420. The molecule has 0 aromatic carbocycles. The predicted molar refractivity (Wildman–Crippen MR) is 44.3 cm³/mol. The molecular weight excluding hydrogens is 162 g/mol. The molecule has 0 radical (unpaired) electrons. The van der Waals surface area contributed by atoms with Crippen LogP contribution in [-0.2, 0) is 4.79 Å². The van der Waals surface area contributed by atoms with Crippen molar-refractivity contribution in [1.82, 2.24) is 0 Å². The lowest BCUT2D eigenvalue weighted by atomic mass is 10.2. The van der Waals surface area contributed by atoms with Gasteiger partial charge in [0.15, 0.2) is 0 Å². The zero-order valence-corrected chi connectivity index (χ0v) is 6.86. The lowest BCUT2D eigenvalue weighted by molar-refractivity contribution is -0.132. The third kappa shape index (κ3) is 5.49. The van der Waals surface area contributed by atoms with Crippen LogP contribution < -0.4 is 0 Å². The van der Waals surface area contributed by atoms with Crippen LogP contribution in [0.2, 0.25) is 0 Å². The number of thioether (sulfide) groups is 1. The van der Waals surface area contributed by atoms with Crippen LogP contribution in [-0.4, -0.2) is 22.6 Å². The smallest absolute Gasteiger partial charge is 0.330 e. The Hall–Kier alpha value is -0.950. The highest BCUT2D eigenvalue weighted by molar-refractivity contribution is 7.99. The van der Waals surface area contributed by atoms with E-state index in [1.807, 2.05) is 6.07 Å². The van der Waals surface area contributed by atoms with Gasteiger partial charge < -0.3 is 5.11 Å². The summed E-state index contributed by atoms with van der Waals surface area (Å²) in [6.45, 7) is 3.36. The van der Waals surface area contributed by atoms with Crippen molar-refractivity contribution in [1.29, 1.82) is 5.26 Å². The molecule has 0 aromatic rings. The van der Waals surface area contributed by atoms with Crippen molar-refractivity contribution >= 4 is 17.7 Å². The zero-order valence-electron chi connectivity index (χ0n) is 6.04. The summed E-state index contributed by atoms with van der Waals surface area (Å²) in [5.74, 6) is 0.105. The quantitative estimate of drug-likeness (QED) is 0.500. The monoisotopic (exact) mass is 171 g/mol. The van der Waals surface area contributed by atoms with Crippen LogP contribution in [0.1, 0.15) is 6.42 Å². The van der Waals surface area contributed by atoms with E-state index in [1.165, 1.54) is 11.8 Å². The Kier molecular flexibility index (Phi) is 5.30. The van der Waals surface area contributed by atoms with Gasteiger partial charge in [-0.15, -0.1) is 11.8 Å². The van der Waals surface area contributed by atoms with Gasteiger partial charge in [-0.05, 0) is 12.2 Å². The third-order valence-corrected chi connectivity index (χ3v) is 1.84.